The summed E-state index contributed by atoms with van der Waals surface area (Å²) in [5.41, 5.74) is 0.953. The molecule has 0 radical (unpaired) electrons. The van der Waals surface area contributed by atoms with E-state index in [2.05, 4.69) is 15.5 Å². The number of aromatic nitrogens is 2. The first-order valence-corrected chi connectivity index (χ1v) is 11.0. The van der Waals surface area contributed by atoms with Crippen LogP contribution in [0.25, 0.3) is 10.6 Å². The van der Waals surface area contributed by atoms with E-state index in [1.165, 1.54) is 35.6 Å². The minimum Gasteiger partial charge on any atom is -0.484 e. The third kappa shape index (κ3) is 5.86. The van der Waals surface area contributed by atoms with Gasteiger partial charge in [0.05, 0.1) is 6.54 Å². The van der Waals surface area contributed by atoms with Crippen LogP contribution in [0.1, 0.15) is 0 Å². The van der Waals surface area contributed by atoms with Crippen LogP contribution in [-0.4, -0.2) is 71.1 Å². The summed E-state index contributed by atoms with van der Waals surface area (Å²) in [6.45, 7) is 2.30. The van der Waals surface area contributed by atoms with Gasteiger partial charge in [-0.05, 0) is 24.3 Å². The summed E-state index contributed by atoms with van der Waals surface area (Å²) in [5.74, 6) is -0.213. The molecule has 1 aliphatic heterocycles. The molecule has 3 aromatic rings. The van der Waals surface area contributed by atoms with Crippen LogP contribution < -0.4 is 10.1 Å². The van der Waals surface area contributed by atoms with Crippen LogP contribution in [0.15, 0.2) is 54.6 Å². The first-order valence-electron chi connectivity index (χ1n) is 10.1. The van der Waals surface area contributed by atoms with Crippen LogP contribution in [0.2, 0.25) is 0 Å². The number of nitrogens with zero attached hydrogens (tertiary/aromatic N) is 4. The number of ether oxygens (including phenoxy) is 1. The van der Waals surface area contributed by atoms with E-state index in [9.17, 15) is 14.0 Å². The first kappa shape index (κ1) is 21.8. The normalized spacial score (nSPS) is 14.2. The number of piperazine rings is 1. The summed E-state index contributed by atoms with van der Waals surface area (Å²) in [5, 5.41) is 12.2. The molecule has 0 spiro atoms. The molecule has 0 atom stereocenters. The van der Waals surface area contributed by atoms with Gasteiger partial charge in [-0.15, -0.1) is 10.2 Å². The lowest BCUT2D eigenvalue weighted by atomic mass is 10.2. The molecule has 10 heteroatoms. The molecule has 4 rings (SSSR count). The molecule has 2 heterocycles. The van der Waals surface area contributed by atoms with E-state index in [0.717, 1.165) is 10.6 Å². The summed E-state index contributed by atoms with van der Waals surface area (Å²) in [6.07, 6.45) is 0. The average molecular weight is 456 g/mol. The van der Waals surface area contributed by atoms with Crippen molar-refractivity contribution in [3.05, 3.63) is 60.4 Å². The number of hydrogen-bond donors (Lipinski definition) is 1. The van der Waals surface area contributed by atoms with Gasteiger partial charge in [0, 0.05) is 31.7 Å². The topological polar surface area (TPSA) is 87.7 Å². The van der Waals surface area contributed by atoms with Gasteiger partial charge in [-0.3, -0.25) is 19.8 Å². The van der Waals surface area contributed by atoms with Gasteiger partial charge in [-0.1, -0.05) is 41.7 Å². The van der Waals surface area contributed by atoms with E-state index in [4.69, 9.17) is 4.74 Å². The number of nitrogens with one attached hydrogen (secondary N) is 1. The fourth-order valence-corrected chi connectivity index (χ4v) is 4.02. The minimum absolute atomic E-state index is 0.104. The van der Waals surface area contributed by atoms with Gasteiger partial charge in [0.1, 0.15) is 16.6 Å². The van der Waals surface area contributed by atoms with Crippen molar-refractivity contribution in [1.82, 2.24) is 20.0 Å². The molecule has 1 aliphatic rings. The number of hydrogen-bond acceptors (Lipinski definition) is 7. The van der Waals surface area contributed by atoms with Crippen molar-refractivity contribution in [2.24, 2.45) is 0 Å². The van der Waals surface area contributed by atoms with Crippen molar-refractivity contribution in [2.45, 2.75) is 0 Å². The van der Waals surface area contributed by atoms with E-state index in [1.807, 2.05) is 35.2 Å². The van der Waals surface area contributed by atoms with Crippen molar-refractivity contribution >= 4 is 28.3 Å². The third-order valence-corrected chi connectivity index (χ3v) is 5.85. The summed E-state index contributed by atoms with van der Waals surface area (Å²) >= 11 is 1.32. The molecular formula is C22H22FN5O3S. The Morgan fingerprint density at radius 1 is 1.00 bits per heavy atom. The Kier molecular flexibility index (Phi) is 7.03. The van der Waals surface area contributed by atoms with Gasteiger partial charge in [-0.25, -0.2) is 4.39 Å². The molecular weight excluding hydrogens is 433 g/mol. The van der Waals surface area contributed by atoms with Crippen LogP contribution in [0.4, 0.5) is 9.52 Å². The summed E-state index contributed by atoms with van der Waals surface area (Å²) < 4.78 is 18.3. The Labute approximate surface area is 188 Å². The van der Waals surface area contributed by atoms with Crippen molar-refractivity contribution in [1.29, 1.82) is 0 Å². The van der Waals surface area contributed by atoms with Crippen molar-refractivity contribution in [3.63, 3.8) is 0 Å². The predicted molar refractivity (Wildman–Crippen MR) is 119 cm³/mol. The van der Waals surface area contributed by atoms with Crippen LogP contribution in [0, 0.1) is 5.82 Å². The number of anilines is 1. The van der Waals surface area contributed by atoms with Crippen LogP contribution in [0.5, 0.6) is 5.75 Å². The monoisotopic (exact) mass is 455 g/mol. The largest absolute Gasteiger partial charge is 0.484 e. The number of halogens is 1. The molecule has 2 amide bonds. The highest BCUT2D eigenvalue weighted by Crippen LogP contribution is 2.25. The lowest BCUT2D eigenvalue weighted by Crippen LogP contribution is -2.51. The Bertz CT molecular complexity index is 1050. The first-order chi connectivity index (χ1) is 15.6. The smallest absolute Gasteiger partial charge is 0.260 e. The summed E-state index contributed by atoms with van der Waals surface area (Å²) in [7, 11) is 0. The molecule has 1 fully saturated rings. The van der Waals surface area contributed by atoms with Crippen LogP contribution in [-0.2, 0) is 9.59 Å². The molecule has 0 aliphatic carbocycles. The second kappa shape index (κ2) is 10.3. The second-order valence-electron chi connectivity index (χ2n) is 7.23. The maximum Gasteiger partial charge on any atom is 0.260 e. The van der Waals surface area contributed by atoms with Gasteiger partial charge in [0.15, 0.2) is 6.61 Å². The maximum atomic E-state index is 12.9. The Morgan fingerprint density at radius 3 is 2.44 bits per heavy atom. The van der Waals surface area contributed by atoms with E-state index < -0.39 is 0 Å². The zero-order valence-electron chi connectivity index (χ0n) is 17.2. The minimum atomic E-state index is -0.355. The van der Waals surface area contributed by atoms with E-state index in [0.29, 0.717) is 37.1 Å². The highest BCUT2D eigenvalue weighted by atomic mass is 32.1. The van der Waals surface area contributed by atoms with Crippen LogP contribution >= 0.6 is 11.3 Å². The van der Waals surface area contributed by atoms with Gasteiger partial charge in [-0.2, -0.15) is 0 Å². The molecule has 2 aromatic carbocycles. The number of carbonyl (C=O) groups excluding carboxylic acids is 2. The molecule has 1 saturated heterocycles. The highest BCUT2D eigenvalue weighted by Gasteiger charge is 2.23. The predicted octanol–water partition coefficient (Wildman–Crippen LogP) is 2.51. The van der Waals surface area contributed by atoms with Gasteiger partial charge in [0.25, 0.3) is 5.91 Å². The second-order valence-corrected chi connectivity index (χ2v) is 8.20. The Morgan fingerprint density at radius 2 is 1.72 bits per heavy atom. The summed E-state index contributed by atoms with van der Waals surface area (Å²) in [6, 6.07) is 15.2. The molecule has 8 nitrogen and oxygen atoms in total. The number of rotatable bonds is 7. The van der Waals surface area contributed by atoms with Gasteiger partial charge < -0.3 is 9.64 Å². The van der Waals surface area contributed by atoms with Crippen LogP contribution in [0.3, 0.4) is 0 Å². The summed E-state index contributed by atoms with van der Waals surface area (Å²) in [4.78, 5) is 28.4. The highest BCUT2D eigenvalue weighted by molar-refractivity contribution is 7.18. The molecule has 0 bridgehead atoms. The van der Waals surface area contributed by atoms with Crippen molar-refractivity contribution in [2.75, 3.05) is 44.6 Å². The third-order valence-electron chi connectivity index (χ3n) is 4.96. The molecule has 1 aromatic heterocycles. The van der Waals surface area contributed by atoms with Gasteiger partial charge in [0.2, 0.25) is 11.0 Å². The standard InChI is InChI=1S/C22H22FN5O3S/c23-17-6-8-18(9-7-17)31-15-20(30)28-12-10-27(11-13-28)14-19(29)24-22-26-25-21(32-22)16-4-2-1-3-5-16/h1-9H,10-15H2,(H,24,26,29). The fourth-order valence-electron chi connectivity index (χ4n) is 3.26. The van der Waals surface area contributed by atoms with E-state index in [-0.39, 0.29) is 30.8 Å². The van der Waals surface area contributed by atoms with Gasteiger partial charge >= 0.3 is 0 Å². The average Bonchev–Trinajstić information content (AvgIpc) is 3.28. The van der Waals surface area contributed by atoms with Crippen molar-refractivity contribution in [3.8, 4) is 16.3 Å². The number of benzene rings is 2. The molecule has 1 N–H and O–H groups in total. The molecule has 0 unspecified atom stereocenters. The Hall–Kier alpha value is -3.37. The number of amides is 2. The lowest BCUT2D eigenvalue weighted by Gasteiger charge is -2.34. The zero-order chi connectivity index (χ0) is 22.3. The molecule has 0 saturated carbocycles. The fraction of sp³-hybridized carbons (Fsp3) is 0.273. The molecule has 32 heavy (non-hydrogen) atoms. The van der Waals surface area contributed by atoms with E-state index >= 15 is 0 Å². The SMILES string of the molecule is O=C(CN1CCN(C(=O)COc2ccc(F)cc2)CC1)Nc1nnc(-c2ccccc2)s1. The zero-order valence-corrected chi connectivity index (χ0v) is 18.1. The van der Waals surface area contributed by atoms with E-state index in [1.54, 1.807) is 4.90 Å². The lowest BCUT2D eigenvalue weighted by molar-refractivity contribution is -0.135. The quantitative estimate of drug-likeness (QED) is 0.589. The molecule has 166 valence electrons. The van der Waals surface area contributed by atoms with Crippen molar-refractivity contribution < 1.29 is 18.7 Å². The Balaban J connectivity index is 1.19. The number of carbonyl (C=O) groups is 2. The maximum absolute atomic E-state index is 12.9.